The van der Waals surface area contributed by atoms with Crippen LogP contribution in [0.25, 0.3) is 10.9 Å². The van der Waals surface area contributed by atoms with Crippen molar-refractivity contribution in [2.24, 2.45) is 12.0 Å². The first kappa shape index (κ1) is 22.4. The summed E-state index contributed by atoms with van der Waals surface area (Å²) in [5.74, 6) is 0.619. The summed E-state index contributed by atoms with van der Waals surface area (Å²) in [6, 6.07) is 5.00. The molecule has 3 aromatic rings. The van der Waals surface area contributed by atoms with Crippen LogP contribution in [0.1, 0.15) is 54.0 Å². The van der Waals surface area contributed by atoms with Crippen LogP contribution in [-0.4, -0.2) is 21.0 Å². The van der Waals surface area contributed by atoms with E-state index < -0.39 is 29.6 Å². The molecule has 0 radical (unpaired) electrons. The molecule has 0 saturated heterocycles. The molecule has 2 heterocycles. The van der Waals surface area contributed by atoms with E-state index in [1.165, 1.54) is 13.0 Å². The van der Waals surface area contributed by atoms with Crippen molar-refractivity contribution >= 4 is 10.9 Å². The highest BCUT2D eigenvalue weighted by Crippen LogP contribution is 2.52. The van der Waals surface area contributed by atoms with Gasteiger partial charge in [-0.3, -0.25) is 9.98 Å². The quantitative estimate of drug-likeness (QED) is 0.489. The monoisotopic (exact) mass is 450 g/mol. The van der Waals surface area contributed by atoms with Gasteiger partial charge in [-0.1, -0.05) is 12.1 Å². The number of benzene rings is 1. The van der Waals surface area contributed by atoms with Crippen LogP contribution in [0.5, 0.6) is 0 Å². The lowest BCUT2D eigenvalue weighted by molar-refractivity contribution is -0.138. The van der Waals surface area contributed by atoms with Gasteiger partial charge in [0.05, 0.1) is 34.4 Å². The number of pyridine rings is 1. The van der Waals surface area contributed by atoms with Crippen LogP contribution in [0.2, 0.25) is 0 Å². The van der Waals surface area contributed by atoms with E-state index in [1.54, 1.807) is 43.8 Å². The third-order valence-electron chi connectivity index (χ3n) is 6.40. The Bertz CT molecular complexity index is 1260. The zero-order valence-corrected chi connectivity index (χ0v) is 18.1. The molecule has 0 amide bonds. The molecule has 32 heavy (non-hydrogen) atoms. The molecule has 9 heteroatoms. The Balaban J connectivity index is 1.90. The van der Waals surface area contributed by atoms with E-state index in [9.17, 15) is 22.0 Å². The highest BCUT2D eigenvalue weighted by molar-refractivity contribution is 5.78. The van der Waals surface area contributed by atoms with Crippen molar-refractivity contribution in [1.82, 2.24) is 14.5 Å². The van der Waals surface area contributed by atoms with E-state index in [1.807, 2.05) is 0 Å². The van der Waals surface area contributed by atoms with E-state index in [0.717, 1.165) is 6.07 Å². The number of hydrogen-bond donors (Lipinski definition) is 0. The second-order valence-corrected chi connectivity index (χ2v) is 8.41. The van der Waals surface area contributed by atoms with Gasteiger partial charge in [0.1, 0.15) is 5.82 Å². The highest BCUT2D eigenvalue weighted by atomic mass is 19.4. The lowest BCUT2D eigenvalue weighted by atomic mass is 9.97. The van der Waals surface area contributed by atoms with Crippen LogP contribution in [0.3, 0.4) is 0 Å². The maximum Gasteiger partial charge on any atom is 0.416 e. The summed E-state index contributed by atoms with van der Waals surface area (Å²) >= 11 is 0. The van der Waals surface area contributed by atoms with Crippen molar-refractivity contribution < 1.29 is 22.0 Å². The number of aryl methyl sites for hydroxylation is 2. The molecule has 0 spiro atoms. The molecule has 0 N–H and O–H groups in total. The topological polar surface area (TPSA) is 43.1 Å². The van der Waals surface area contributed by atoms with Crippen molar-refractivity contribution in [3.8, 4) is 0 Å². The number of hydrogen-bond acceptors (Lipinski definition) is 3. The highest BCUT2D eigenvalue weighted by Gasteiger charge is 2.53. The smallest absolute Gasteiger partial charge is 0.331 e. The Kier molecular flexibility index (Phi) is 5.33. The fraction of sp³-hybridized carbons (Fsp3) is 0.435. The van der Waals surface area contributed by atoms with Gasteiger partial charge in [0.25, 0.3) is 0 Å². The molecule has 1 saturated carbocycles. The van der Waals surface area contributed by atoms with Gasteiger partial charge in [0.2, 0.25) is 6.43 Å². The predicted molar refractivity (Wildman–Crippen MR) is 110 cm³/mol. The lowest BCUT2D eigenvalue weighted by Gasteiger charge is -2.17. The summed E-state index contributed by atoms with van der Waals surface area (Å²) in [6.45, 7) is 4.89. The predicted octanol–water partition coefficient (Wildman–Crippen LogP) is 5.56. The van der Waals surface area contributed by atoms with Crippen LogP contribution in [0.4, 0.5) is 22.0 Å². The fourth-order valence-electron chi connectivity index (χ4n) is 4.12. The summed E-state index contributed by atoms with van der Waals surface area (Å²) in [4.78, 5) is 13.4. The number of halogens is 5. The molecule has 0 bridgehead atoms. The van der Waals surface area contributed by atoms with Crippen molar-refractivity contribution in [1.29, 1.82) is 0 Å². The third kappa shape index (κ3) is 3.67. The maximum absolute atomic E-state index is 13.6. The zero-order valence-electron chi connectivity index (χ0n) is 18.1. The third-order valence-corrected chi connectivity index (χ3v) is 6.40. The molecule has 1 unspecified atom stereocenters. The average molecular weight is 450 g/mol. The second-order valence-electron chi connectivity index (χ2n) is 8.41. The van der Waals surface area contributed by atoms with Crippen molar-refractivity contribution in [2.75, 3.05) is 0 Å². The van der Waals surface area contributed by atoms with Crippen molar-refractivity contribution in [3.63, 3.8) is 0 Å². The second kappa shape index (κ2) is 7.64. The fourth-order valence-corrected chi connectivity index (χ4v) is 4.12. The van der Waals surface area contributed by atoms with Crippen molar-refractivity contribution in [3.05, 3.63) is 64.2 Å². The number of nitrogens with zero attached hydrogens (tertiary/aromatic N) is 4. The maximum atomic E-state index is 13.6. The molecule has 2 aromatic heterocycles. The Morgan fingerprint density at radius 3 is 2.44 bits per heavy atom. The molecule has 0 aliphatic heterocycles. The minimum absolute atomic E-state index is 0.107. The van der Waals surface area contributed by atoms with Crippen LogP contribution in [0, 0.1) is 13.8 Å². The summed E-state index contributed by atoms with van der Waals surface area (Å²) in [5.41, 5.74) is -0.142. The first-order valence-corrected chi connectivity index (χ1v) is 10.3. The largest absolute Gasteiger partial charge is 0.416 e. The van der Waals surface area contributed by atoms with Gasteiger partial charge in [0, 0.05) is 12.4 Å². The summed E-state index contributed by atoms with van der Waals surface area (Å²) in [7, 11) is 1.79. The van der Waals surface area contributed by atoms with E-state index in [2.05, 4.69) is 15.0 Å². The SMILES string of the molecule is Cc1c(C(C)N=c2nc(C)n(C)c3cnc(C4(C(F)F)CC4)cc23)cccc1C(F)(F)F. The van der Waals surface area contributed by atoms with E-state index in [-0.39, 0.29) is 5.56 Å². The summed E-state index contributed by atoms with van der Waals surface area (Å²) in [6.07, 6.45) is -4.72. The molecule has 1 aliphatic rings. The Morgan fingerprint density at radius 1 is 1.16 bits per heavy atom. The molecule has 1 aromatic carbocycles. The van der Waals surface area contributed by atoms with Gasteiger partial charge in [-0.15, -0.1) is 0 Å². The molecule has 4 nitrogen and oxygen atoms in total. The number of aromatic nitrogens is 3. The minimum atomic E-state index is -4.46. The van der Waals surface area contributed by atoms with Crippen LogP contribution in [-0.2, 0) is 18.6 Å². The molecule has 1 fully saturated rings. The van der Waals surface area contributed by atoms with Gasteiger partial charge in [0.15, 0.2) is 5.49 Å². The van der Waals surface area contributed by atoms with Gasteiger partial charge < -0.3 is 4.57 Å². The van der Waals surface area contributed by atoms with Gasteiger partial charge >= 0.3 is 6.18 Å². The molecule has 1 aliphatic carbocycles. The van der Waals surface area contributed by atoms with E-state index >= 15 is 0 Å². The number of rotatable bonds is 4. The molecular weight excluding hydrogens is 427 g/mol. The Labute approximate surface area is 181 Å². The molecule has 1 atom stereocenters. The van der Waals surface area contributed by atoms with Gasteiger partial charge in [-0.05, 0) is 56.9 Å². The van der Waals surface area contributed by atoms with Crippen LogP contribution >= 0.6 is 0 Å². The average Bonchev–Trinajstić information content (AvgIpc) is 3.53. The molecule has 4 rings (SSSR count). The normalized spacial score (nSPS) is 17.2. The number of alkyl halides is 5. The van der Waals surface area contributed by atoms with Gasteiger partial charge in [-0.25, -0.2) is 13.8 Å². The number of fused-ring (bicyclic) bond motifs is 1. The van der Waals surface area contributed by atoms with Crippen LogP contribution in [0.15, 0.2) is 35.5 Å². The van der Waals surface area contributed by atoms with Crippen LogP contribution < -0.4 is 5.49 Å². The molecular formula is C23H23F5N4. The lowest BCUT2D eigenvalue weighted by Crippen LogP contribution is -2.22. The summed E-state index contributed by atoms with van der Waals surface area (Å²) < 4.78 is 69.1. The Morgan fingerprint density at radius 2 is 1.84 bits per heavy atom. The minimum Gasteiger partial charge on any atom is -0.331 e. The van der Waals surface area contributed by atoms with Crippen molar-refractivity contribution in [2.45, 2.75) is 57.7 Å². The Hall–Kier alpha value is -2.84. The zero-order chi connectivity index (χ0) is 23.4. The summed E-state index contributed by atoms with van der Waals surface area (Å²) in [5, 5.41) is 0.548. The van der Waals surface area contributed by atoms with Gasteiger partial charge in [-0.2, -0.15) is 13.2 Å². The van der Waals surface area contributed by atoms with E-state index in [0.29, 0.717) is 46.3 Å². The standard InChI is InChI=1S/C23H23F5N4/c1-12-15(6-5-7-17(12)23(26,27)28)13(2)30-20-16-10-19(22(8-9-22)21(24)25)29-11-18(16)32(4)14(3)31-20/h5-7,10-11,13,21H,8-9H2,1-4H3. The first-order valence-electron chi connectivity index (χ1n) is 10.3. The molecule has 170 valence electrons. The van der Waals surface area contributed by atoms with E-state index in [4.69, 9.17) is 0 Å². The first-order chi connectivity index (χ1) is 15.0.